The fourth-order valence-corrected chi connectivity index (χ4v) is 2.86. The maximum absolute atomic E-state index is 9.24. The largest absolute Gasteiger partial charge is 0.493 e. The molecule has 19 heavy (non-hydrogen) atoms. The highest BCUT2D eigenvalue weighted by Gasteiger charge is 2.29. The van der Waals surface area contributed by atoms with Gasteiger partial charge < -0.3 is 14.2 Å². The summed E-state index contributed by atoms with van der Waals surface area (Å²) in [5, 5.41) is 9.24. The van der Waals surface area contributed by atoms with Crippen molar-refractivity contribution in [2.24, 2.45) is 5.92 Å². The molecule has 0 amide bonds. The van der Waals surface area contributed by atoms with Gasteiger partial charge in [0.1, 0.15) is 0 Å². The molecule has 1 aliphatic rings. The van der Waals surface area contributed by atoms with Crippen molar-refractivity contribution in [3.8, 4) is 17.6 Å². The van der Waals surface area contributed by atoms with Gasteiger partial charge in [0.15, 0.2) is 11.5 Å². The fraction of sp³-hybridized carbons (Fsp3) is 0.500. The average Bonchev–Trinajstić information content (AvgIpc) is 2.46. The van der Waals surface area contributed by atoms with E-state index in [2.05, 4.69) is 22.0 Å². The summed E-state index contributed by atoms with van der Waals surface area (Å²) in [6, 6.07) is 6.05. The van der Waals surface area contributed by atoms with E-state index in [1.54, 1.807) is 14.2 Å². The lowest BCUT2D eigenvalue weighted by Crippen LogP contribution is -2.21. The van der Waals surface area contributed by atoms with Crippen molar-refractivity contribution in [1.29, 1.82) is 5.26 Å². The number of hydrogen-bond donors (Lipinski definition) is 0. The first-order chi connectivity index (χ1) is 9.21. The summed E-state index contributed by atoms with van der Waals surface area (Å²) < 4.78 is 17.2. The van der Waals surface area contributed by atoms with Crippen LogP contribution >= 0.6 is 15.9 Å². The van der Waals surface area contributed by atoms with Crippen molar-refractivity contribution in [1.82, 2.24) is 0 Å². The van der Waals surface area contributed by atoms with Gasteiger partial charge in [0, 0.05) is 16.6 Å². The van der Waals surface area contributed by atoms with Gasteiger partial charge in [0.2, 0.25) is 0 Å². The summed E-state index contributed by atoms with van der Waals surface area (Å²) in [4.78, 5) is 0. The van der Waals surface area contributed by atoms with Crippen molar-refractivity contribution >= 4 is 15.9 Å². The van der Waals surface area contributed by atoms with Crippen LogP contribution in [0.1, 0.15) is 24.5 Å². The molecule has 1 aromatic rings. The van der Waals surface area contributed by atoms with Crippen LogP contribution in [-0.2, 0) is 4.74 Å². The number of halogens is 1. The van der Waals surface area contributed by atoms with Gasteiger partial charge in [-0.25, -0.2) is 0 Å². The van der Waals surface area contributed by atoms with Gasteiger partial charge in [0.05, 0.1) is 32.3 Å². The van der Waals surface area contributed by atoms with Gasteiger partial charge in [-0.1, -0.05) is 15.9 Å². The quantitative estimate of drug-likeness (QED) is 0.854. The molecule has 1 saturated heterocycles. The lowest BCUT2D eigenvalue weighted by atomic mass is 9.90. The van der Waals surface area contributed by atoms with E-state index in [9.17, 15) is 5.26 Å². The first-order valence-electron chi connectivity index (χ1n) is 6.14. The molecule has 102 valence electrons. The van der Waals surface area contributed by atoms with Crippen LogP contribution in [0.25, 0.3) is 0 Å². The maximum Gasteiger partial charge on any atom is 0.161 e. The van der Waals surface area contributed by atoms with Crippen LogP contribution in [0.5, 0.6) is 11.5 Å². The zero-order chi connectivity index (χ0) is 13.8. The van der Waals surface area contributed by atoms with Gasteiger partial charge >= 0.3 is 0 Å². The van der Waals surface area contributed by atoms with Crippen LogP contribution in [0.2, 0.25) is 0 Å². The fourth-order valence-electron chi connectivity index (χ4n) is 2.31. The molecule has 1 aromatic carbocycles. The summed E-state index contributed by atoms with van der Waals surface area (Å²) in [6.45, 7) is 0.684. The molecular weight excluding hydrogens is 310 g/mol. The smallest absolute Gasteiger partial charge is 0.161 e. The molecule has 2 rings (SSSR count). The van der Waals surface area contributed by atoms with E-state index in [0.29, 0.717) is 18.1 Å². The Morgan fingerprint density at radius 1 is 1.32 bits per heavy atom. The lowest BCUT2D eigenvalue weighted by molar-refractivity contribution is -0.0107. The van der Waals surface area contributed by atoms with Gasteiger partial charge in [-0.15, -0.1) is 0 Å². The monoisotopic (exact) mass is 325 g/mol. The van der Waals surface area contributed by atoms with E-state index in [0.717, 1.165) is 22.9 Å². The molecule has 0 saturated carbocycles. The van der Waals surface area contributed by atoms with Crippen molar-refractivity contribution in [2.45, 2.75) is 18.9 Å². The number of hydrogen-bond acceptors (Lipinski definition) is 4. The number of rotatable bonds is 3. The molecule has 0 aliphatic carbocycles. The number of nitriles is 1. The Kier molecular flexibility index (Phi) is 4.67. The zero-order valence-corrected chi connectivity index (χ0v) is 12.6. The minimum atomic E-state index is -0.215. The second-order valence-electron chi connectivity index (χ2n) is 4.40. The highest BCUT2D eigenvalue weighted by atomic mass is 79.9. The Labute approximate surface area is 121 Å². The predicted octanol–water partition coefficient (Wildman–Crippen LogP) is 3.46. The molecule has 0 aromatic heterocycles. The van der Waals surface area contributed by atoms with E-state index >= 15 is 0 Å². The molecule has 2 unspecified atom stereocenters. The first kappa shape index (κ1) is 14.2. The molecule has 1 aliphatic heterocycles. The third-order valence-corrected chi connectivity index (χ3v) is 3.98. The topological polar surface area (TPSA) is 51.5 Å². The zero-order valence-electron chi connectivity index (χ0n) is 11.0. The lowest BCUT2D eigenvalue weighted by Gasteiger charge is -2.28. The molecule has 0 radical (unpaired) electrons. The molecule has 5 heteroatoms. The van der Waals surface area contributed by atoms with Crippen LogP contribution in [0, 0.1) is 17.2 Å². The molecule has 4 nitrogen and oxygen atoms in total. The Bertz CT molecular complexity index is 498. The van der Waals surface area contributed by atoms with Crippen molar-refractivity contribution in [3.05, 3.63) is 22.2 Å². The van der Waals surface area contributed by atoms with Gasteiger partial charge in [0.25, 0.3) is 0 Å². The molecule has 0 bridgehead atoms. The SMILES string of the molecule is COc1cc(Br)c(C2OCCCC2C#N)cc1OC. The summed E-state index contributed by atoms with van der Waals surface area (Å²) >= 11 is 3.52. The van der Waals surface area contributed by atoms with Gasteiger partial charge in [-0.3, -0.25) is 0 Å². The standard InChI is InChI=1S/C14H16BrNO3/c1-17-12-6-10(11(15)7-13(12)18-2)14-9(8-16)4-3-5-19-14/h6-7,9,14H,3-5H2,1-2H3. The highest BCUT2D eigenvalue weighted by Crippen LogP contribution is 2.41. The molecule has 1 fully saturated rings. The van der Waals surface area contributed by atoms with Gasteiger partial charge in [-0.2, -0.15) is 5.26 Å². The maximum atomic E-state index is 9.24. The average molecular weight is 326 g/mol. The summed E-state index contributed by atoms with van der Waals surface area (Å²) in [7, 11) is 3.19. The summed E-state index contributed by atoms with van der Waals surface area (Å²) in [5.41, 5.74) is 0.934. The molecule has 0 spiro atoms. The third kappa shape index (κ3) is 2.85. The van der Waals surface area contributed by atoms with Gasteiger partial charge in [-0.05, 0) is 25.0 Å². The molecule has 2 atom stereocenters. The van der Waals surface area contributed by atoms with Crippen molar-refractivity contribution < 1.29 is 14.2 Å². The van der Waals surface area contributed by atoms with E-state index in [-0.39, 0.29) is 12.0 Å². The van der Waals surface area contributed by atoms with E-state index in [1.807, 2.05) is 12.1 Å². The predicted molar refractivity (Wildman–Crippen MR) is 74.3 cm³/mol. The minimum Gasteiger partial charge on any atom is -0.493 e. The second kappa shape index (κ2) is 6.27. The van der Waals surface area contributed by atoms with Crippen molar-refractivity contribution in [3.63, 3.8) is 0 Å². The number of benzene rings is 1. The van der Waals surface area contributed by atoms with Crippen LogP contribution in [-0.4, -0.2) is 20.8 Å². The first-order valence-corrected chi connectivity index (χ1v) is 6.93. The number of methoxy groups -OCH3 is 2. The molecule has 0 N–H and O–H groups in total. The van der Waals surface area contributed by atoms with E-state index in [1.165, 1.54) is 0 Å². The van der Waals surface area contributed by atoms with E-state index in [4.69, 9.17) is 14.2 Å². The van der Waals surface area contributed by atoms with Crippen LogP contribution in [0.4, 0.5) is 0 Å². The van der Waals surface area contributed by atoms with Crippen LogP contribution < -0.4 is 9.47 Å². The Morgan fingerprint density at radius 3 is 2.63 bits per heavy atom. The normalized spacial score (nSPS) is 22.6. The third-order valence-electron chi connectivity index (χ3n) is 3.30. The Morgan fingerprint density at radius 2 is 2.00 bits per heavy atom. The number of ether oxygens (including phenoxy) is 3. The Hall–Kier alpha value is -1.25. The van der Waals surface area contributed by atoms with Crippen LogP contribution in [0.3, 0.4) is 0 Å². The highest BCUT2D eigenvalue weighted by molar-refractivity contribution is 9.10. The number of nitrogens with zero attached hydrogens (tertiary/aromatic N) is 1. The van der Waals surface area contributed by atoms with Crippen molar-refractivity contribution in [2.75, 3.05) is 20.8 Å². The second-order valence-corrected chi connectivity index (χ2v) is 5.25. The summed E-state index contributed by atoms with van der Waals surface area (Å²) in [5.74, 6) is 1.18. The summed E-state index contributed by atoms with van der Waals surface area (Å²) in [6.07, 6.45) is 1.58. The van der Waals surface area contributed by atoms with Crippen LogP contribution in [0.15, 0.2) is 16.6 Å². The van der Waals surface area contributed by atoms with E-state index < -0.39 is 0 Å². The molecular formula is C14H16BrNO3. The minimum absolute atomic E-state index is 0.122. The Balaban J connectivity index is 2.41. The molecule has 1 heterocycles.